The number of aryl methyl sites for hydroxylation is 2. The standard InChI is InChI=1S/C17H21ClN2O2/c18-16-4-2-15(3-5-16)6-7-17(21-12-1-13-22-17)8-10-20-11-9-19-14-20/h2-5,9,11,14H,1,6-8,10,12-13H2. The number of aromatic nitrogens is 2. The maximum absolute atomic E-state index is 6.03. The summed E-state index contributed by atoms with van der Waals surface area (Å²) >= 11 is 5.94. The molecule has 0 spiro atoms. The van der Waals surface area contributed by atoms with Gasteiger partial charge in [0.05, 0.1) is 19.5 Å². The number of ether oxygens (including phenoxy) is 2. The molecule has 2 aromatic rings. The normalized spacial score (nSPS) is 17.5. The van der Waals surface area contributed by atoms with E-state index in [9.17, 15) is 0 Å². The summed E-state index contributed by atoms with van der Waals surface area (Å²) in [6.07, 6.45) is 9.16. The first-order valence-electron chi connectivity index (χ1n) is 7.74. The summed E-state index contributed by atoms with van der Waals surface area (Å²) in [5.41, 5.74) is 1.25. The highest BCUT2D eigenvalue weighted by Gasteiger charge is 2.34. The molecule has 1 saturated heterocycles. The summed E-state index contributed by atoms with van der Waals surface area (Å²) in [5, 5.41) is 0.767. The minimum absolute atomic E-state index is 0.484. The van der Waals surface area contributed by atoms with Crippen LogP contribution in [0.25, 0.3) is 0 Å². The van der Waals surface area contributed by atoms with Crippen molar-refractivity contribution in [3.8, 4) is 0 Å². The zero-order chi connectivity index (χ0) is 15.3. The van der Waals surface area contributed by atoms with Gasteiger partial charge in [0.25, 0.3) is 0 Å². The third-order valence-electron chi connectivity index (χ3n) is 4.04. The van der Waals surface area contributed by atoms with E-state index in [4.69, 9.17) is 21.1 Å². The fourth-order valence-electron chi connectivity index (χ4n) is 2.73. The van der Waals surface area contributed by atoms with Crippen LogP contribution in [0.1, 0.15) is 24.8 Å². The fraction of sp³-hybridized carbons (Fsp3) is 0.471. The van der Waals surface area contributed by atoms with Crippen LogP contribution in [0.3, 0.4) is 0 Å². The Morgan fingerprint density at radius 3 is 2.59 bits per heavy atom. The topological polar surface area (TPSA) is 36.3 Å². The third-order valence-corrected chi connectivity index (χ3v) is 4.29. The van der Waals surface area contributed by atoms with Crippen LogP contribution in [0.15, 0.2) is 43.0 Å². The Labute approximate surface area is 136 Å². The molecule has 2 heterocycles. The number of benzene rings is 1. The zero-order valence-corrected chi connectivity index (χ0v) is 13.3. The van der Waals surface area contributed by atoms with Crippen LogP contribution in [-0.2, 0) is 22.4 Å². The SMILES string of the molecule is Clc1ccc(CCC2(CCn3ccnc3)OCCCO2)cc1. The molecule has 22 heavy (non-hydrogen) atoms. The lowest BCUT2D eigenvalue weighted by Crippen LogP contribution is -2.42. The Balaban J connectivity index is 1.62. The average molecular weight is 321 g/mol. The second-order valence-corrected chi connectivity index (χ2v) is 6.07. The van der Waals surface area contributed by atoms with E-state index >= 15 is 0 Å². The van der Waals surface area contributed by atoms with Gasteiger partial charge < -0.3 is 14.0 Å². The van der Waals surface area contributed by atoms with Crippen LogP contribution in [0.2, 0.25) is 5.02 Å². The molecule has 0 unspecified atom stereocenters. The maximum atomic E-state index is 6.03. The molecule has 0 amide bonds. The Morgan fingerprint density at radius 1 is 1.14 bits per heavy atom. The first-order chi connectivity index (χ1) is 10.8. The van der Waals surface area contributed by atoms with Gasteiger partial charge in [-0.25, -0.2) is 4.98 Å². The lowest BCUT2D eigenvalue weighted by atomic mass is 10.0. The molecule has 5 heteroatoms. The second kappa shape index (κ2) is 7.27. The molecule has 0 aliphatic carbocycles. The van der Waals surface area contributed by atoms with Gasteiger partial charge in [0.15, 0.2) is 5.79 Å². The van der Waals surface area contributed by atoms with Gasteiger partial charge in [-0.15, -0.1) is 0 Å². The summed E-state index contributed by atoms with van der Waals surface area (Å²) < 4.78 is 14.1. The van der Waals surface area contributed by atoms with Gasteiger partial charge in [-0.3, -0.25) is 0 Å². The van der Waals surface area contributed by atoms with E-state index in [1.165, 1.54) is 5.56 Å². The van der Waals surface area contributed by atoms with E-state index < -0.39 is 5.79 Å². The molecule has 0 atom stereocenters. The van der Waals surface area contributed by atoms with Crippen molar-refractivity contribution in [1.29, 1.82) is 0 Å². The molecule has 1 aromatic carbocycles. The average Bonchev–Trinajstić information content (AvgIpc) is 3.07. The molecule has 0 bridgehead atoms. The van der Waals surface area contributed by atoms with Gasteiger partial charge in [-0.05, 0) is 30.5 Å². The lowest BCUT2D eigenvalue weighted by molar-refractivity contribution is -0.274. The number of halogens is 1. The molecule has 1 aliphatic heterocycles. The van der Waals surface area contributed by atoms with E-state index in [1.54, 1.807) is 6.20 Å². The molecule has 1 aromatic heterocycles. The largest absolute Gasteiger partial charge is 0.350 e. The third kappa shape index (κ3) is 4.09. The van der Waals surface area contributed by atoms with Gasteiger partial charge in [0, 0.05) is 36.8 Å². The molecule has 118 valence electrons. The molecule has 4 nitrogen and oxygen atoms in total. The van der Waals surface area contributed by atoms with Crippen LogP contribution in [0, 0.1) is 0 Å². The fourth-order valence-corrected chi connectivity index (χ4v) is 2.86. The Hall–Kier alpha value is -1.36. The summed E-state index contributed by atoms with van der Waals surface area (Å²) in [7, 11) is 0. The molecule has 1 fully saturated rings. The van der Waals surface area contributed by atoms with Crippen molar-refractivity contribution < 1.29 is 9.47 Å². The highest BCUT2D eigenvalue weighted by atomic mass is 35.5. The van der Waals surface area contributed by atoms with E-state index in [2.05, 4.69) is 21.7 Å². The number of hydrogen-bond donors (Lipinski definition) is 0. The first-order valence-corrected chi connectivity index (χ1v) is 8.12. The summed E-state index contributed by atoms with van der Waals surface area (Å²) in [6, 6.07) is 7.98. The van der Waals surface area contributed by atoms with Crippen molar-refractivity contribution in [2.45, 2.75) is 38.0 Å². The van der Waals surface area contributed by atoms with Gasteiger partial charge >= 0.3 is 0 Å². The summed E-state index contributed by atoms with van der Waals surface area (Å²) in [6.45, 7) is 2.38. The van der Waals surface area contributed by atoms with Crippen molar-refractivity contribution >= 4 is 11.6 Å². The van der Waals surface area contributed by atoms with Crippen molar-refractivity contribution in [3.63, 3.8) is 0 Å². The lowest BCUT2D eigenvalue weighted by Gasteiger charge is -2.37. The second-order valence-electron chi connectivity index (χ2n) is 5.64. The number of rotatable bonds is 6. The minimum Gasteiger partial charge on any atom is -0.350 e. The molecule has 3 rings (SSSR count). The quantitative estimate of drug-likeness (QED) is 0.814. The molecule has 1 aliphatic rings. The van der Waals surface area contributed by atoms with Gasteiger partial charge in [-0.2, -0.15) is 0 Å². The maximum Gasteiger partial charge on any atom is 0.170 e. The van der Waals surface area contributed by atoms with Gasteiger partial charge in [-0.1, -0.05) is 23.7 Å². The Kier molecular flexibility index (Phi) is 5.13. The van der Waals surface area contributed by atoms with E-state index in [0.717, 1.165) is 50.5 Å². The van der Waals surface area contributed by atoms with Crippen molar-refractivity contribution in [2.75, 3.05) is 13.2 Å². The van der Waals surface area contributed by atoms with Gasteiger partial charge in [0.1, 0.15) is 0 Å². The number of imidazole rings is 1. The highest BCUT2D eigenvalue weighted by Crippen LogP contribution is 2.29. The van der Waals surface area contributed by atoms with Crippen molar-refractivity contribution in [2.24, 2.45) is 0 Å². The van der Waals surface area contributed by atoms with Crippen LogP contribution < -0.4 is 0 Å². The smallest absolute Gasteiger partial charge is 0.170 e. The number of hydrogen-bond acceptors (Lipinski definition) is 3. The minimum atomic E-state index is -0.484. The monoisotopic (exact) mass is 320 g/mol. The highest BCUT2D eigenvalue weighted by molar-refractivity contribution is 6.30. The van der Waals surface area contributed by atoms with Gasteiger partial charge in [0.2, 0.25) is 0 Å². The zero-order valence-electron chi connectivity index (χ0n) is 12.6. The molecular weight excluding hydrogens is 300 g/mol. The molecule has 0 saturated carbocycles. The van der Waals surface area contributed by atoms with Crippen LogP contribution in [0.5, 0.6) is 0 Å². The van der Waals surface area contributed by atoms with Crippen LogP contribution >= 0.6 is 11.6 Å². The predicted octanol–water partition coefficient (Wildman–Crippen LogP) is 3.69. The summed E-state index contributed by atoms with van der Waals surface area (Å²) in [4.78, 5) is 4.08. The predicted molar refractivity (Wildman–Crippen MR) is 85.9 cm³/mol. The van der Waals surface area contributed by atoms with E-state index in [-0.39, 0.29) is 0 Å². The van der Waals surface area contributed by atoms with Crippen molar-refractivity contribution in [3.05, 3.63) is 53.6 Å². The van der Waals surface area contributed by atoms with Crippen molar-refractivity contribution in [1.82, 2.24) is 9.55 Å². The van der Waals surface area contributed by atoms with E-state index in [1.807, 2.05) is 24.7 Å². The summed E-state index contributed by atoms with van der Waals surface area (Å²) in [5.74, 6) is -0.484. The molecule has 0 N–H and O–H groups in total. The van der Waals surface area contributed by atoms with Crippen LogP contribution in [0.4, 0.5) is 0 Å². The Bertz CT molecular complexity index is 563. The van der Waals surface area contributed by atoms with E-state index in [0.29, 0.717) is 0 Å². The first kappa shape index (κ1) is 15.5. The van der Waals surface area contributed by atoms with Crippen LogP contribution in [-0.4, -0.2) is 28.6 Å². The molecular formula is C17H21ClN2O2. The Morgan fingerprint density at radius 2 is 1.91 bits per heavy atom. The number of nitrogens with zero attached hydrogens (tertiary/aromatic N) is 2. The molecule has 0 radical (unpaired) electrons.